The van der Waals surface area contributed by atoms with E-state index in [0.717, 1.165) is 5.56 Å². The van der Waals surface area contributed by atoms with Gasteiger partial charge in [-0.3, -0.25) is 4.72 Å². The van der Waals surface area contributed by atoms with Gasteiger partial charge < -0.3 is 4.74 Å². The number of hydrogen-bond donors (Lipinski definition) is 1. The van der Waals surface area contributed by atoms with Crippen LogP contribution in [0, 0.1) is 6.92 Å². The predicted octanol–water partition coefficient (Wildman–Crippen LogP) is 4.33. The van der Waals surface area contributed by atoms with Gasteiger partial charge in [0, 0.05) is 8.95 Å². The van der Waals surface area contributed by atoms with Gasteiger partial charge in [0.1, 0.15) is 10.6 Å². The Balaban J connectivity index is 2.40. The molecule has 2 aromatic carbocycles. The Morgan fingerprint density at radius 3 is 2.43 bits per heavy atom. The molecule has 2 aromatic rings. The number of aryl methyl sites for hydroxylation is 1. The van der Waals surface area contributed by atoms with Gasteiger partial charge in [-0.05, 0) is 64.8 Å². The molecular weight excluding hydrogens is 422 g/mol. The van der Waals surface area contributed by atoms with Crippen LogP contribution in [0.1, 0.15) is 5.56 Å². The average Bonchev–Trinajstić information content (AvgIpc) is 2.43. The van der Waals surface area contributed by atoms with Crippen molar-refractivity contribution in [3.63, 3.8) is 0 Å². The third-order valence-electron chi connectivity index (χ3n) is 2.86. The summed E-state index contributed by atoms with van der Waals surface area (Å²) in [6, 6.07) is 10.2. The van der Waals surface area contributed by atoms with Crippen LogP contribution in [0.5, 0.6) is 5.75 Å². The highest BCUT2D eigenvalue weighted by Gasteiger charge is 2.19. The first kappa shape index (κ1) is 16.3. The summed E-state index contributed by atoms with van der Waals surface area (Å²) in [4.78, 5) is 0.173. The zero-order chi connectivity index (χ0) is 15.6. The van der Waals surface area contributed by atoms with Crippen LogP contribution in [0.3, 0.4) is 0 Å². The maximum absolute atomic E-state index is 12.5. The third-order valence-corrected chi connectivity index (χ3v) is 5.71. The van der Waals surface area contributed by atoms with E-state index >= 15 is 0 Å². The zero-order valence-corrected chi connectivity index (χ0v) is 15.3. The molecule has 0 atom stereocenters. The molecule has 0 unspecified atom stereocenters. The second-order valence-corrected chi connectivity index (χ2v) is 7.78. The maximum atomic E-state index is 12.5. The highest BCUT2D eigenvalue weighted by molar-refractivity contribution is 9.11. The van der Waals surface area contributed by atoms with Crippen molar-refractivity contribution in [1.29, 1.82) is 0 Å². The number of hydrogen-bond acceptors (Lipinski definition) is 3. The lowest BCUT2D eigenvalue weighted by Gasteiger charge is -2.13. The van der Waals surface area contributed by atoms with Crippen LogP contribution in [0.2, 0.25) is 0 Å². The number of nitrogens with one attached hydrogen (secondary N) is 1. The van der Waals surface area contributed by atoms with Gasteiger partial charge in [-0.2, -0.15) is 0 Å². The summed E-state index contributed by atoms with van der Waals surface area (Å²) < 4.78 is 33.9. The standard InChI is InChI=1S/C14H13Br2NO3S/c1-9-7-11(20-2)4-6-13(9)17-21(18,19)14-8-10(15)3-5-12(14)16/h3-8,17H,1-2H3. The zero-order valence-electron chi connectivity index (χ0n) is 11.4. The van der Waals surface area contributed by atoms with Crippen LogP contribution in [-0.2, 0) is 10.0 Å². The lowest BCUT2D eigenvalue weighted by molar-refractivity contribution is 0.414. The average molecular weight is 435 g/mol. The fraction of sp³-hybridized carbons (Fsp3) is 0.143. The molecule has 0 bridgehead atoms. The van der Waals surface area contributed by atoms with Crippen molar-refractivity contribution in [3.05, 3.63) is 50.9 Å². The summed E-state index contributed by atoms with van der Waals surface area (Å²) in [5.74, 6) is 0.680. The summed E-state index contributed by atoms with van der Waals surface area (Å²) >= 11 is 6.54. The lowest BCUT2D eigenvalue weighted by Crippen LogP contribution is -2.14. The van der Waals surface area contributed by atoms with Gasteiger partial charge in [0.2, 0.25) is 0 Å². The molecule has 7 heteroatoms. The minimum Gasteiger partial charge on any atom is -0.497 e. The van der Waals surface area contributed by atoms with Gasteiger partial charge in [-0.25, -0.2) is 8.42 Å². The number of sulfonamides is 1. The second-order valence-electron chi connectivity index (χ2n) is 4.36. The highest BCUT2D eigenvalue weighted by Crippen LogP contribution is 2.29. The van der Waals surface area contributed by atoms with Crippen molar-refractivity contribution >= 4 is 47.6 Å². The molecule has 0 aliphatic carbocycles. The van der Waals surface area contributed by atoms with E-state index in [1.165, 1.54) is 0 Å². The van der Waals surface area contributed by atoms with Crippen LogP contribution in [0.25, 0.3) is 0 Å². The number of anilines is 1. The van der Waals surface area contributed by atoms with Crippen molar-refractivity contribution in [2.24, 2.45) is 0 Å². The molecule has 4 nitrogen and oxygen atoms in total. The van der Waals surface area contributed by atoms with E-state index in [1.807, 2.05) is 6.92 Å². The Morgan fingerprint density at radius 2 is 1.81 bits per heavy atom. The molecular formula is C14H13Br2NO3S. The molecule has 0 fully saturated rings. The van der Waals surface area contributed by atoms with E-state index < -0.39 is 10.0 Å². The Kier molecular flexibility index (Phi) is 4.95. The minimum absolute atomic E-state index is 0.173. The van der Waals surface area contributed by atoms with Gasteiger partial charge >= 0.3 is 0 Å². The summed E-state index contributed by atoms with van der Waals surface area (Å²) in [6.07, 6.45) is 0. The molecule has 0 amide bonds. The Morgan fingerprint density at radius 1 is 1.10 bits per heavy atom. The lowest BCUT2D eigenvalue weighted by atomic mass is 10.2. The SMILES string of the molecule is COc1ccc(NS(=O)(=O)c2cc(Br)ccc2Br)c(C)c1. The molecule has 21 heavy (non-hydrogen) atoms. The first-order chi connectivity index (χ1) is 9.83. The number of halogens is 2. The van der Waals surface area contributed by atoms with E-state index in [4.69, 9.17) is 4.74 Å². The smallest absolute Gasteiger partial charge is 0.263 e. The number of rotatable bonds is 4. The van der Waals surface area contributed by atoms with Crippen molar-refractivity contribution in [2.75, 3.05) is 11.8 Å². The van der Waals surface area contributed by atoms with E-state index in [1.54, 1.807) is 43.5 Å². The molecule has 0 aliphatic heterocycles. The van der Waals surface area contributed by atoms with Gasteiger partial charge in [-0.15, -0.1) is 0 Å². The third kappa shape index (κ3) is 3.78. The molecule has 2 rings (SSSR count). The molecule has 1 N–H and O–H groups in total. The van der Waals surface area contributed by atoms with Gasteiger partial charge in [0.25, 0.3) is 10.0 Å². The summed E-state index contributed by atoms with van der Waals surface area (Å²) in [6.45, 7) is 1.82. The molecule has 0 spiro atoms. The van der Waals surface area contributed by atoms with Crippen molar-refractivity contribution in [2.45, 2.75) is 11.8 Å². The number of ether oxygens (including phenoxy) is 1. The Hall–Kier alpha value is -1.05. The van der Waals surface area contributed by atoms with E-state index in [9.17, 15) is 8.42 Å². The summed E-state index contributed by atoms with van der Waals surface area (Å²) in [5, 5.41) is 0. The van der Waals surface area contributed by atoms with Gasteiger partial charge in [0.15, 0.2) is 0 Å². The molecule has 112 valence electrons. The van der Waals surface area contributed by atoms with Crippen molar-refractivity contribution in [3.8, 4) is 5.75 Å². The number of methoxy groups -OCH3 is 1. The minimum atomic E-state index is -3.68. The fourth-order valence-electron chi connectivity index (χ4n) is 1.76. The van der Waals surface area contributed by atoms with E-state index in [2.05, 4.69) is 36.6 Å². The van der Waals surface area contributed by atoms with Crippen LogP contribution in [0.15, 0.2) is 50.2 Å². The van der Waals surface area contributed by atoms with E-state index in [0.29, 0.717) is 20.4 Å². The van der Waals surface area contributed by atoms with Crippen LogP contribution in [0.4, 0.5) is 5.69 Å². The van der Waals surface area contributed by atoms with E-state index in [-0.39, 0.29) is 4.90 Å². The topological polar surface area (TPSA) is 55.4 Å². The van der Waals surface area contributed by atoms with Crippen LogP contribution < -0.4 is 9.46 Å². The summed E-state index contributed by atoms with van der Waals surface area (Å²) in [5.41, 5.74) is 1.30. The largest absolute Gasteiger partial charge is 0.497 e. The molecule has 0 saturated carbocycles. The molecule has 0 saturated heterocycles. The van der Waals surface area contributed by atoms with Gasteiger partial charge in [0.05, 0.1) is 12.8 Å². The Labute approximate surface area is 140 Å². The van der Waals surface area contributed by atoms with Crippen molar-refractivity contribution in [1.82, 2.24) is 0 Å². The highest BCUT2D eigenvalue weighted by atomic mass is 79.9. The number of benzene rings is 2. The maximum Gasteiger partial charge on any atom is 0.263 e. The monoisotopic (exact) mass is 433 g/mol. The Bertz CT molecular complexity index is 776. The van der Waals surface area contributed by atoms with Crippen LogP contribution >= 0.6 is 31.9 Å². The molecule has 0 heterocycles. The second kappa shape index (κ2) is 6.37. The van der Waals surface area contributed by atoms with Crippen LogP contribution in [-0.4, -0.2) is 15.5 Å². The predicted molar refractivity (Wildman–Crippen MR) is 90.4 cm³/mol. The first-order valence-corrected chi connectivity index (χ1v) is 9.03. The van der Waals surface area contributed by atoms with Gasteiger partial charge in [-0.1, -0.05) is 15.9 Å². The summed E-state index contributed by atoms with van der Waals surface area (Å²) in [7, 11) is -2.11. The normalized spacial score (nSPS) is 11.2. The van der Waals surface area contributed by atoms with Crippen molar-refractivity contribution < 1.29 is 13.2 Å². The quantitative estimate of drug-likeness (QED) is 0.778. The fourth-order valence-corrected chi connectivity index (χ4v) is 4.39. The molecule has 0 radical (unpaired) electrons. The first-order valence-electron chi connectivity index (χ1n) is 5.96. The molecule has 0 aromatic heterocycles. The molecule has 0 aliphatic rings.